The molecule has 92 valence electrons. The molecule has 0 radical (unpaired) electrons. The zero-order valence-electron chi connectivity index (χ0n) is 9.20. The number of halogens is 2. The van der Waals surface area contributed by atoms with Crippen LogP contribution in [-0.4, -0.2) is 17.7 Å². The summed E-state index contributed by atoms with van der Waals surface area (Å²) >= 11 is 0. The Morgan fingerprint density at radius 2 is 2.00 bits per heavy atom. The van der Waals surface area contributed by atoms with Crippen molar-refractivity contribution in [2.45, 2.75) is 12.8 Å². The highest BCUT2D eigenvalue weighted by Gasteiger charge is 2.21. The average molecular weight is 241 g/mol. The summed E-state index contributed by atoms with van der Waals surface area (Å²) in [6.07, 6.45) is 1.29. The Bertz CT molecular complexity index is 401. The van der Waals surface area contributed by atoms with Crippen molar-refractivity contribution < 1.29 is 18.7 Å². The van der Waals surface area contributed by atoms with Gasteiger partial charge in [-0.3, -0.25) is 4.90 Å². The minimum absolute atomic E-state index is 0.0270. The quantitative estimate of drug-likeness (QED) is 0.633. The van der Waals surface area contributed by atoms with Gasteiger partial charge in [-0.05, 0) is 25.0 Å². The summed E-state index contributed by atoms with van der Waals surface area (Å²) in [5.41, 5.74) is -0.524. The van der Waals surface area contributed by atoms with Gasteiger partial charge in [0, 0.05) is 6.54 Å². The van der Waals surface area contributed by atoms with Gasteiger partial charge in [0.1, 0.15) is 17.3 Å². The normalized spacial score (nSPS) is 10.0. The number of unbranched alkanes of at least 4 members (excludes halogenated alkanes) is 1. The Labute approximate surface area is 98.0 Å². The van der Waals surface area contributed by atoms with E-state index < -0.39 is 23.4 Å². The Hall–Kier alpha value is -1.91. The molecule has 0 aliphatic rings. The van der Waals surface area contributed by atoms with E-state index in [1.54, 1.807) is 6.08 Å². The molecule has 0 bridgehead atoms. The van der Waals surface area contributed by atoms with Crippen LogP contribution in [0.5, 0.6) is 0 Å². The van der Waals surface area contributed by atoms with Crippen LogP contribution < -0.4 is 4.90 Å². The van der Waals surface area contributed by atoms with Crippen LogP contribution in [0.1, 0.15) is 12.8 Å². The van der Waals surface area contributed by atoms with E-state index in [-0.39, 0.29) is 6.54 Å². The van der Waals surface area contributed by atoms with Crippen molar-refractivity contribution in [2.24, 2.45) is 0 Å². The Balaban J connectivity index is 2.97. The minimum Gasteiger partial charge on any atom is -0.465 e. The van der Waals surface area contributed by atoms with Crippen LogP contribution in [0.15, 0.2) is 30.9 Å². The maximum Gasteiger partial charge on any atom is 0.411 e. The van der Waals surface area contributed by atoms with Gasteiger partial charge in [0.25, 0.3) is 0 Å². The third kappa shape index (κ3) is 3.27. The van der Waals surface area contributed by atoms with Crippen LogP contribution in [0.4, 0.5) is 19.3 Å². The largest absolute Gasteiger partial charge is 0.465 e. The molecule has 0 aliphatic heterocycles. The SMILES string of the molecule is C=CCCCN(C(=O)O)c1c(F)cccc1F. The summed E-state index contributed by atoms with van der Waals surface area (Å²) in [5.74, 6) is -1.77. The number of anilines is 1. The van der Waals surface area contributed by atoms with Crippen molar-refractivity contribution in [2.75, 3.05) is 11.4 Å². The predicted molar refractivity (Wildman–Crippen MR) is 61.2 cm³/mol. The summed E-state index contributed by atoms with van der Waals surface area (Å²) in [5, 5.41) is 8.94. The van der Waals surface area contributed by atoms with Gasteiger partial charge in [0.05, 0.1) is 0 Å². The number of benzene rings is 1. The van der Waals surface area contributed by atoms with Crippen LogP contribution in [0.3, 0.4) is 0 Å². The lowest BCUT2D eigenvalue weighted by molar-refractivity contribution is 0.201. The molecule has 0 unspecified atom stereocenters. The third-order valence-corrected chi connectivity index (χ3v) is 2.23. The molecule has 0 saturated carbocycles. The number of amides is 1. The number of hydrogen-bond donors (Lipinski definition) is 1. The second-order valence-electron chi connectivity index (χ2n) is 3.44. The van der Waals surface area contributed by atoms with Gasteiger partial charge >= 0.3 is 6.09 Å². The van der Waals surface area contributed by atoms with Crippen molar-refractivity contribution in [1.82, 2.24) is 0 Å². The van der Waals surface area contributed by atoms with Crippen LogP contribution in [-0.2, 0) is 0 Å². The molecule has 0 aromatic heterocycles. The Morgan fingerprint density at radius 1 is 1.41 bits per heavy atom. The van der Waals surface area contributed by atoms with Gasteiger partial charge in [-0.1, -0.05) is 12.1 Å². The highest BCUT2D eigenvalue weighted by atomic mass is 19.1. The van der Waals surface area contributed by atoms with E-state index >= 15 is 0 Å². The highest BCUT2D eigenvalue weighted by molar-refractivity contribution is 5.86. The van der Waals surface area contributed by atoms with E-state index in [1.165, 1.54) is 6.07 Å². The summed E-state index contributed by atoms with van der Waals surface area (Å²) in [6, 6.07) is 3.25. The zero-order valence-corrected chi connectivity index (χ0v) is 9.20. The number of carbonyl (C=O) groups is 1. The molecular formula is C12H13F2NO2. The van der Waals surface area contributed by atoms with Crippen molar-refractivity contribution in [3.05, 3.63) is 42.5 Å². The minimum atomic E-state index is -1.38. The van der Waals surface area contributed by atoms with Gasteiger partial charge in [-0.25, -0.2) is 13.6 Å². The highest BCUT2D eigenvalue weighted by Crippen LogP contribution is 2.23. The molecule has 17 heavy (non-hydrogen) atoms. The van der Waals surface area contributed by atoms with E-state index in [1.807, 2.05) is 0 Å². The third-order valence-electron chi connectivity index (χ3n) is 2.23. The Morgan fingerprint density at radius 3 is 2.47 bits per heavy atom. The van der Waals surface area contributed by atoms with Crippen LogP contribution >= 0.6 is 0 Å². The molecule has 0 aliphatic carbocycles. The van der Waals surface area contributed by atoms with E-state index in [0.29, 0.717) is 17.7 Å². The number of para-hydroxylation sites is 1. The lowest BCUT2D eigenvalue weighted by atomic mass is 10.2. The van der Waals surface area contributed by atoms with E-state index in [4.69, 9.17) is 5.11 Å². The molecule has 0 saturated heterocycles. The molecular weight excluding hydrogens is 228 g/mol. The van der Waals surface area contributed by atoms with Crippen LogP contribution in [0.25, 0.3) is 0 Å². The molecule has 3 nitrogen and oxygen atoms in total. The molecule has 1 amide bonds. The molecule has 1 aromatic carbocycles. The second kappa shape index (κ2) is 5.98. The monoisotopic (exact) mass is 241 g/mol. The van der Waals surface area contributed by atoms with Crippen molar-refractivity contribution in [3.8, 4) is 0 Å². The van der Waals surface area contributed by atoms with Crippen LogP contribution in [0, 0.1) is 11.6 Å². The lowest BCUT2D eigenvalue weighted by Gasteiger charge is -2.20. The summed E-state index contributed by atoms with van der Waals surface area (Å²) in [6.45, 7) is 3.52. The van der Waals surface area contributed by atoms with E-state index in [0.717, 1.165) is 12.1 Å². The number of carboxylic acid groups (broad SMARTS) is 1. The topological polar surface area (TPSA) is 40.5 Å². The van der Waals surface area contributed by atoms with Crippen molar-refractivity contribution >= 4 is 11.8 Å². The van der Waals surface area contributed by atoms with Gasteiger partial charge in [-0.15, -0.1) is 6.58 Å². The summed E-state index contributed by atoms with van der Waals surface area (Å²) < 4.78 is 26.8. The molecule has 5 heteroatoms. The van der Waals surface area contributed by atoms with Gasteiger partial charge < -0.3 is 5.11 Å². The average Bonchev–Trinajstić information content (AvgIpc) is 2.26. The smallest absolute Gasteiger partial charge is 0.411 e. The number of nitrogens with zero attached hydrogens (tertiary/aromatic N) is 1. The first-order valence-corrected chi connectivity index (χ1v) is 5.13. The maximum absolute atomic E-state index is 13.4. The Kier molecular flexibility index (Phi) is 4.63. The first-order chi connectivity index (χ1) is 8.07. The number of allylic oxidation sites excluding steroid dienone is 1. The van der Waals surface area contributed by atoms with Gasteiger partial charge in [0.15, 0.2) is 0 Å². The fraction of sp³-hybridized carbons (Fsp3) is 0.250. The van der Waals surface area contributed by atoms with Crippen molar-refractivity contribution in [3.63, 3.8) is 0 Å². The zero-order chi connectivity index (χ0) is 12.8. The number of rotatable bonds is 5. The first-order valence-electron chi connectivity index (χ1n) is 5.13. The van der Waals surface area contributed by atoms with Crippen molar-refractivity contribution in [1.29, 1.82) is 0 Å². The van der Waals surface area contributed by atoms with Crippen LogP contribution in [0.2, 0.25) is 0 Å². The molecule has 0 heterocycles. The first kappa shape index (κ1) is 13.2. The summed E-state index contributed by atoms with van der Waals surface area (Å²) in [4.78, 5) is 11.6. The summed E-state index contributed by atoms with van der Waals surface area (Å²) in [7, 11) is 0. The van der Waals surface area contributed by atoms with E-state index in [2.05, 4.69) is 6.58 Å². The lowest BCUT2D eigenvalue weighted by Crippen LogP contribution is -2.31. The maximum atomic E-state index is 13.4. The fourth-order valence-corrected chi connectivity index (χ4v) is 1.44. The number of hydrogen-bond acceptors (Lipinski definition) is 1. The van der Waals surface area contributed by atoms with Gasteiger partial charge in [-0.2, -0.15) is 0 Å². The molecule has 0 atom stereocenters. The predicted octanol–water partition coefficient (Wildman–Crippen LogP) is 3.42. The molecule has 1 N–H and O–H groups in total. The fourth-order valence-electron chi connectivity index (χ4n) is 1.44. The molecule has 0 spiro atoms. The standard InChI is InChI=1S/C12H13F2NO2/c1-2-3-4-8-15(12(16)17)11-9(13)6-5-7-10(11)14/h2,5-7H,1,3-4,8H2,(H,16,17). The van der Waals surface area contributed by atoms with E-state index in [9.17, 15) is 13.6 Å². The van der Waals surface area contributed by atoms with Gasteiger partial charge in [0.2, 0.25) is 0 Å². The molecule has 1 aromatic rings. The second-order valence-corrected chi connectivity index (χ2v) is 3.44. The molecule has 0 fully saturated rings. The molecule has 1 rings (SSSR count).